The number of carbonyl (C=O) groups is 1. The molecular weight excluding hydrogens is 270 g/mol. The number of hydrogen-bond acceptors (Lipinski definition) is 4. The van der Waals surface area contributed by atoms with Gasteiger partial charge in [-0.15, -0.1) is 0 Å². The molecule has 0 saturated carbocycles. The molecule has 2 aromatic rings. The summed E-state index contributed by atoms with van der Waals surface area (Å²) in [5.74, 6) is -0.0525. The SMILES string of the molecule is COCC(CCO)NC(=O)CCn1cnc2ccccc21. The van der Waals surface area contributed by atoms with Gasteiger partial charge in [-0.1, -0.05) is 12.1 Å². The standard InChI is InChI=1S/C15H21N3O3/c1-21-10-12(7-9-19)17-15(20)6-8-18-11-16-13-4-2-3-5-14(13)18/h2-5,11-12,19H,6-10H2,1H3,(H,17,20). The molecule has 0 aliphatic heterocycles. The van der Waals surface area contributed by atoms with Gasteiger partial charge in [0, 0.05) is 26.7 Å². The van der Waals surface area contributed by atoms with Gasteiger partial charge in [-0.3, -0.25) is 4.79 Å². The molecule has 0 saturated heterocycles. The van der Waals surface area contributed by atoms with E-state index in [9.17, 15) is 4.79 Å². The van der Waals surface area contributed by atoms with Crippen molar-refractivity contribution in [2.24, 2.45) is 0 Å². The molecule has 0 bridgehead atoms. The Morgan fingerprint density at radius 2 is 2.29 bits per heavy atom. The normalized spacial score (nSPS) is 12.5. The van der Waals surface area contributed by atoms with Gasteiger partial charge in [-0.25, -0.2) is 4.98 Å². The van der Waals surface area contributed by atoms with Crippen molar-refractivity contribution in [2.75, 3.05) is 20.3 Å². The number of amides is 1. The first kappa shape index (κ1) is 15.5. The molecule has 114 valence electrons. The summed E-state index contributed by atoms with van der Waals surface area (Å²) in [5, 5.41) is 11.8. The van der Waals surface area contributed by atoms with Crippen molar-refractivity contribution in [3.05, 3.63) is 30.6 Å². The summed E-state index contributed by atoms with van der Waals surface area (Å²) in [4.78, 5) is 16.2. The molecule has 2 rings (SSSR count). The van der Waals surface area contributed by atoms with Crippen LogP contribution < -0.4 is 5.32 Å². The second kappa shape index (κ2) is 7.75. The van der Waals surface area contributed by atoms with Crippen LogP contribution in [0.25, 0.3) is 11.0 Å². The van der Waals surface area contributed by atoms with E-state index in [1.165, 1.54) is 0 Å². The molecule has 0 spiro atoms. The number of ether oxygens (including phenoxy) is 1. The van der Waals surface area contributed by atoms with E-state index < -0.39 is 0 Å². The number of benzene rings is 1. The Bertz CT molecular complexity index is 576. The fraction of sp³-hybridized carbons (Fsp3) is 0.467. The molecule has 21 heavy (non-hydrogen) atoms. The zero-order chi connectivity index (χ0) is 15.1. The van der Waals surface area contributed by atoms with Crippen LogP contribution in [0.4, 0.5) is 0 Å². The van der Waals surface area contributed by atoms with E-state index in [1.807, 2.05) is 28.8 Å². The van der Waals surface area contributed by atoms with Gasteiger partial charge in [0.05, 0.1) is 30.0 Å². The summed E-state index contributed by atoms with van der Waals surface area (Å²) in [6, 6.07) is 7.68. The number of hydrogen-bond donors (Lipinski definition) is 2. The van der Waals surface area contributed by atoms with Crippen molar-refractivity contribution in [3.8, 4) is 0 Å². The minimum absolute atomic E-state index is 0.0282. The molecule has 1 aromatic carbocycles. The number of carbonyl (C=O) groups excluding carboxylic acids is 1. The minimum Gasteiger partial charge on any atom is -0.396 e. The van der Waals surface area contributed by atoms with Gasteiger partial charge in [-0.2, -0.15) is 0 Å². The molecule has 1 aromatic heterocycles. The first-order chi connectivity index (χ1) is 10.2. The Balaban J connectivity index is 1.88. The molecule has 1 unspecified atom stereocenters. The van der Waals surface area contributed by atoms with Crippen LogP contribution in [0.3, 0.4) is 0 Å². The van der Waals surface area contributed by atoms with Gasteiger partial charge in [0.2, 0.25) is 5.91 Å². The number of aryl methyl sites for hydroxylation is 1. The lowest BCUT2D eigenvalue weighted by atomic mass is 10.2. The molecule has 1 amide bonds. The van der Waals surface area contributed by atoms with Crippen LogP contribution in [0.1, 0.15) is 12.8 Å². The topological polar surface area (TPSA) is 76.4 Å². The predicted octanol–water partition coefficient (Wildman–Crippen LogP) is 0.940. The van der Waals surface area contributed by atoms with Crippen molar-refractivity contribution in [1.82, 2.24) is 14.9 Å². The fourth-order valence-electron chi connectivity index (χ4n) is 2.26. The van der Waals surface area contributed by atoms with Crippen LogP contribution in [-0.4, -0.2) is 46.9 Å². The van der Waals surface area contributed by atoms with E-state index in [1.54, 1.807) is 13.4 Å². The molecule has 0 aliphatic rings. The molecule has 1 atom stereocenters. The average molecular weight is 291 g/mol. The molecule has 6 heteroatoms. The lowest BCUT2D eigenvalue weighted by molar-refractivity contribution is -0.122. The molecule has 1 heterocycles. The number of methoxy groups -OCH3 is 1. The molecule has 2 N–H and O–H groups in total. The van der Waals surface area contributed by atoms with Crippen molar-refractivity contribution < 1.29 is 14.6 Å². The van der Waals surface area contributed by atoms with E-state index in [-0.39, 0.29) is 18.6 Å². The van der Waals surface area contributed by atoms with Crippen molar-refractivity contribution >= 4 is 16.9 Å². The van der Waals surface area contributed by atoms with E-state index >= 15 is 0 Å². The van der Waals surface area contributed by atoms with E-state index in [0.29, 0.717) is 26.0 Å². The highest BCUT2D eigenvalue weighted by atomic mass is 16.5. The number of nitrogens with one attached hydrogen (secondary N) is 1. The van der Waals surface area contributed by atoms with Gasteiger partial charge >= 0.3 is 0 Å². The highest BCUT2D eigenvalue weighted by Gasteiger charge is 2.12. The molecule has 0 radical (unpaired) electrons. The monoisotopic (exact) mass is 291 g/mol. The predicted molar refractivity (Wildman–Crippen MR) is 79.9 cm³/mol. The Kier molecular flexibility index (Phi) is 5.71. The highest BCUT2D eigenvalue weighted by molar-refractivity contribution is 5.77. The minimum atomic E-state index is -0.146. The van der Waals surface area contributed by atoms with E-state index in [2.05, 4.69) is 10.3 Å². The summed E-state index contributed by atoms with van der Waals surface area (Å²) >= 11 is 0. The number of imidazole rings is 1. The third kappa shape index (κ3) is 4.27. The van der Waals surface area contributed by atoms with Gasteiger partial charge in [0.25, 0.3) is 0 Å². The summed E-state index contributed by atoms with van der Waals surface area (Å²) in [5.41, 5.74) is 1.95. The van der Waals surface area contributed by atoms with Crippen molar-refractivity contribution in [2.45, 2.75) is 25.4 Å². The molecular formula is C15H21N3O3. The number of rotatable bonds is 8. The second-order valence-electron chi connectivity index (χ2n) is 4.91. The number of aromatic nitrogens is 2. The number of fused-ring (bicyclic) bond motifs is 1. The van der Waals surface area contributed by atoms with Crippen molar-refractivity contribution in [3.63, 3.8) is 0 Å². The number of nitrogens with zero attached hydrogens (tertiary/aromatic N) is 2. The zero-order valence-electron chi connectivity index (χ0n) is 12.2. The lowest BCUT2D eigenvalue weighted by Crippen LogP contribution is -2.39. The van der Waals surface area contributed by atoms with E-state index in [4.69, 9.17) is 9.84 Å². The van der Waals surface area contributed by atoms with Crippen LogP contribution in [0.2, 0.25) is 0 Å². The number of aliphatic hydroxyl groups is 1. The maximum absolute atomic E-state index is 12.0. The Hall–Kier alpha value is -1.92. The summed E-state index contributed by atoms with van der Waals surface area (Å²) in [6.45, 7) is 1.01. The first-order valence-electron chi connectivity index (χ1n) is 7.03. The van der Waals surface area contributed by atoms with Gasteiger partial charge < -0.3 is 19.7 Å². The smallest absolute Gasteiger partial charge is 0.222 e. The lowest BCUT2D eigenvalue weighted by Gasteiger charge is -2.16. The summed E-state index contributed by atoms with van der Waals surface area (Å²) < 4.78 is 6.99. The molecule has 0 aliphatic carbocycles. The number of para-hydroxylation sites is 2. The van der Waals surface area contributed by atoms with Crippen molar-refractivity contribution in [1.29, 1.82) is 0 Å². The Labute approximate surface area is 123 Å². The van der Waals surface area contributed by atoms with Gasteiger partial charge in [-0.05, 0) is 18.6 Å². The van der Waals surface area contributed by atoms with Crippen LogP contribution in [0.5, 0.6) is 0 Å². The summed E-state index contributed by atoms with van der Waals surface area (Å²) in [7, 11) is 1.58. The van der Waals surface area contributed by atoms with Crippen LogP contribution >= 0.6 is 0 Å². The highest BCUT2D eigenvalue weighted by Crippen LogP contribution is 2.12. The van der Waals surface area contributed by atoms with Gasteiger partial charge in [0.1, 0.15) is 0 Å². The Morgan fingerprint density at radius 3 is 3.05 bits per heavy atom. The second-order valence-corrected chi connectivity index (χ2v) is 4.91. The number of aliphatic hydroxyl groups excluding tert-OH is 1. The van der Waals surface area contributed by atoms with Crippen LogP contribution in [0.15, 0.2) is 30.6 Å². The Morgan fingerprint density at radius 1 is 1.48 bits per heavy atom. The third-order valence-corrected chi connectivity index (χ3v) is 3.32. The van der Waals surface area contributed by atoms with E-state index in [0.717, 1.165) is 11.0 Å². The molecule has 6 nitrogen and oxygen atoms in total. The zero-order valence-corrected chi connectivity index (χ0v) is 12.2. The average Bonchev–Trinajstić information content (AvgIpc) is 2.89. The van der Waals surface area contributed by atoms with Gasteiger partial charge in [0.15, 0.2) is 0 Å². The maximum atomic E-state index is 12.0. The third-order valence-electron chi connectivity index (χ3n) is 3.32. The van der Waals surface area contributed by atoms with Crippen LogP contribution in [-0.2, 0) is 16.1 Å². The summed E-state index contributed by atoms with van der Waals surface area (Å²) in [6.07, 6.45) is 2.61. The maximum Gasteiger partial charge on any atom is 0.222 e. The first-order valence-corrected chi connectivity index (χ1v) is 7.03. The quantitative estimate of drug-likeness (QED) is 0.759. The largest absolute Gasteiger partial charge is 0.396 e. The fourth-order valence-corrected chi connectivity index (χ4v) is 2.26. The molecule has 0 fully saturated rings. The van der Waals surface area contributed by atoms with Crippen LogP contribution in [0, 0.1) is 0 Å².